The van der Waals surface area contributed by atoms with Crippen LogP contribution in [0, 0.1) is 0 Å². The van der Waals surface area contributed by atoms with Gasteiger partial charge in [0.15, 0.2) is 12.4 Å². The number of unbranched alkanes of at least 4 members (excludes halogenated alkanes) is 17. The topological polar surface area (TPSA) is 186 Å². The normalized spacial score (nSPS) is 20.7. The summed E-state index contributed by atoms with van der Waals surface area (Å²) >= 11 is 0. The van der Waals surface area contributed by atoms with Gasteiger partial charge in [0.25, 0.3) is 10.1 Å². The SMILES string of the molecule is CCCCC/C=C/C/C=C/C/C=C/C/C=C/CCCCCC(=O)OC[C@H](CO[C@H]1O[C@H](CS(=O)(=O)O)[C@@H](O)C(O)C1O)OC(=O)CCCCCCCCCCCCCC. The van der Waals surface area contributed by atoms with E-state index in [2.05, 4.69) is 62.5 Å². The fourth-order valence-electron chi connectivity index (χ4n) is 6.60. The molecule has 0 aromatic carbocycles. The van der Waals surface area contributed by atoms with E-state index in [-0.39, 0.29) is 19.4 Å². The molecule has 6 atom stereocenters. The summed E-state index contributed by atoms with van der Waals surface area (Å²) in [5.74, 6) is -2.02. The van der Waals surface area contributed by atoms with Crippen LogP contribution in [-0.4, -0.2) is 96.0 Å². The number of esters is 2. The molecule has 342 valence electrons. The summed E-state index contributed by atoms with van der Waals surface area (Å²) in [6.07, 6.45) is 33.0. The number of rotatable bonds is 37. The molecule has 1 rings (SSSR count). The molecule has 0 aromatic heterocycles. The zero-order chi connectivity index (χ0) is 43.4. The Morgan fingerprint density at radius 3 is 1.54 bits per heavy atom. The first-order valence-electron chi connectivity index (χ1n) is 22.7. The summed E-state index contributed by atoms with van der Waals surface area (Å²) in [7, 11) is -4.60. The van der Waals surface area contributed by atoms with Crippen molar-refractivity contribution in [3.05, 3.63) is 48.6 Å². The summed E-state index contributed by atoms with van der Waals surface area (Å²) in [5.41, 5.74) is 0. The molecule has 0 aromatic rings. The third-order valence-electron chi connectivity index (χ3n) is 10.2. The zero-order valence-corrected chi connectivity index (χ0v) is 37.2. The summed E-state index contributed by atoms with van der Waals surface area (Å²) < 4.78 is 54.0. The van der Waals surface area contributed by atoms with Crippen molar-refractivity contribution in [2.75, 3.05) is 19.0 Å². The number of aliphatic hydroxyl groups is 3. The molecular formula is C46H80O12S. The predicted octanol–water partition coefficient (Wildman–Crippen LogP) is 9.17. The van der Waals surface area contributed by atoms with Crippen molar-refractivity contribution in [2.24, 2.45) is 0 Å². The molecule has 4 N–H and O–H groups in total. The molecule has 13 heteroatoms. The van der Waals surface area contributed by atoms with Gasteiger partial charge in [-0.1, -0.05) is 152 Å². The van der Waals surface area contributed by atoms with E-state index in [1.54, 1.807) is 0 Å². The van der Waals surface area contributed by atoms with Crippen LogP contribution >= 0.6 is 0 Å². The maximum atomic E-state index is 12.8. The van der Waals surface area contributed by atoms with Crippen molar-refractivity contribution in [1.29, 1.82) is 0 Å². The Kier molecular flexibility index (Phi) is 33.6. The minimum absolute atomic E-state index is 0.158. The highest BCUT2D eigenvalue weighted by molar-refractivity contribution is 7.85. The summed E-state index contributed by atoms with van der Waals surface area (Å²) in [5, 5.41) is 30.9. The fraction of sp³-hybridized carbons (Fsp3) is 0.783. The van der Waals surface area contributed by atoms with Crippen LogP contribution in [-0.2, 0) is 38.7 Å². The van der Waals surface area contributed by atoms with Crippen molar-refractivity contribution in [2.45, 2.75) is 211 Å². The average molecular weight is 857 g/mol. The third-order valence-corrected chi connectivity index (χ3v) is 10.9. The molecule has 1 heterocycles. The number of ether oxygens (including phenoxy) is 4. The minimum Gasteiger partial charge on any atom is -0.462 e. The molecule has 2 unspecified atom stereocenters. The Balaban J connectivity index is 2.46. The van der Waals surface area contributed by atoms with E-state index in [1.807, 2.05) is 0 Å². The highest BCUT2D eigenvalue weighted by Crippen LogP contribution is 2.24. The van der Waals surface area contributed by atoms with Gasteiger partial charge in [-0.2, -0.15) is 8.42 Å². The van der Waals surface area contributed by atoms with Gasteiger partial charge in [0.1, 0.15) is 36.8 Å². The number of carbonyl (C=O) groups is 2. The van der Waals surface area contributed by atoms with Crippen molar-refractivity contribution in [3.63, 3.8) is 0 Å². The van der Waals surface area contributed by atoms with Gasteiger partial charge in [0.2, 0.25) is 0 Å². The van der Waals surface area contributed by atoms with Gasteiger partial charge in [0.05, 0.1) is 6.61 Å². The Morgan fingerprint density at radius 2 is 1.02 bits per heavy atom. The summed E-state index contributed by atoms with van der Waals surface area (Å²) in [6, 6.07) is 0. The molecule has 1 aliphatic rings. The lowest BCUT2D eigenvalue weighted by Crippen LogP contribution is -2.60. The molecule has 0 saturated carbocycles. The molecule has 0 amide bonds. The summed E-state index contributed by atoms with van der Waals surface area (Å²) in [4.78, 5) is 25.4. The number of allylic oxidation sites excluding steroid dienone is 8. The van der Waals surface area contributed by atoms with Gasteiger partial charge < -0.3 is 34.3 Å². The van der Waals surface area contributed by atoms with E-state index in [0.717, 1.165) is 57.8 Å². The Hall–Kier alpha value is -2.39. The van der Waals surface area contributed by atoms with Crippen molar-refractivity contribution in [3.8, 4) is 0 Å². The molecular weight excluding hydrogens is 777 g/mol. The van der Waals surface area contributed by atoms with Crippen molar-refractivity contribution < 1.29 is 56.8 Å². The number of carbonyl (C=O) groups excluding carboxylic acids is 2. The second-order valence-corrected chi connectivity index (χ2v) is 17.2. The lowest BCUT2D eigenvalue weighted by Gasteiger charge is -2.40. The van der Waals surface area contributed by atoms with Crippen LogP contribution in [0.2, 0.25) is 0 Å². The van der Waals surface area contributed by atoms with E-state index in [4.69, 9.17) is 18.9 Å². The first-order valence-corrected chi connectivity index (χ1v) is 24.3. The minimum atomic E-state index is -4.60. The molecule has 0 bridgehead atoms. The van der Waals surface area contributed by atoms with E-state index in [9.17, 15) is 37.9 Å². The van der Waals surface area contributed by atoms with Crippen LogP contribution in [0.4, 0.5) is 0 Å². The number of hydrogen-bond donors (Lipinski definition) is 4. The summed E-state index contributed by atoms with van der Waals surface area (Å²) in [6.45, 7) is 3.69. The van der Waals surface area contributed by atoms with Gasteiger partial charge >= 0.3 is 11.9 Å². The second-order valence-electron chi connectivity index (χ2n) is 15.7. The van der Waals surface area contributed by atoms with E-state index >= 15 is 0 Å². The fourth-order valence-corrected chi connectivity index (χ4v) is 7.29. The highest BCUT2D eigenvalue weighted by Gasteiger charge is 2.46. The Labute approximate surface area is 356 Å². The largest absolute Gasteiger partial charge is 0.462 e. The third kappa shape index (κ3) is 31.2. The van der Waals surface area contributed by atoms with Crippen LogP contribution < -0.4 is 0 Å². The van der Waals surface area contributed by atoms with Crippen LogP contribution in [0.25, 0.3) is 0 Å². The van der Waals surface area contributed by atoms with Crippen LogP contribution in [0.1, 0.15) is 174 Å². The second kappa shape index (κ2) is 36.3. The van der Waals surface area contributed by atoms with Crippen molar-refractivity contribution >= 4 is 22.1 Å². The maximum Gasteiger partial charge on any atom is 0.306 e. The van der Waals surface area contributed by atoms with Crippen LogP contribution in [0.3, 0.4) is 0 Å². The van der Waals surface area contributed by atoms with E-state index < -0.39 is 71.2 Å². The quantitative estimate of drug-likeness (QED) is 0.0201. The van der Waals surface area contributed by atoms with Gasteiger partial charge in [-0.3, -0.25) is 14.1 Å². The standard InChI is InChI=1S/C46H80O12S/c1-3-5-7-9-11-13-15-17-18-19-20-21-22-23-25-26-28-30-32-34-41(47)55-36-39(37-56-46-45(51)44(50)43(49)40(58-46)38-59(52,53)54)57-42(48)35-33-31-29-27-24-16-14-12-10-8-6-4-2/h11,13,17-18,20-21,23,25,39-40,43-46,49-51H,3-10,12,14-16,19,22,24,26-38H2,1-2H3,(H,52,53,54)/b13-11+,18-17+,21-20+,25-23+/t39-,40-,43-,44?,45?,46+/m1/s1. The first kappa shape index (κ1) is 54.6. The molecule has 59 heavy (non-hydrogen) atoms. The molecule has 1 fully saturated rings. The van der Waals surface area contributed by atoms with Gasteiger partial charge in [-0.15, -0.1) is 0 Å². The lowest BCUT2D eigenvalue weighted by molar-refractivity contribution is -0.297. The predicted molar refractivity (Wildman–Crippen MR) is 233 cm³/mol. The Morgan fingerprint density at radius 1 is 0.576 bits per heavy atom. The highest BCUT2D eigenvalue weighted by atomic mass is 32.2. The lowest BCUT2D eigenvalue weighted by atomic mass is 10.00. The van der Waals surface area contributed by atoms with Crippen LogP contribution in [0.5, 0.6) is 0 Å². The molecule has 1 aliphatic heterocycles. The molecule has 12 nitrogen and oxygen atoms in total. The number of aliphatic hydroxyl groups excluding tert-OH is 3. The molecule has 0 spiro atoms. The van der Waals surface area contributed by atoms with Gasteiger partial charge in [0, 0.05) is 12.8 Å². The maximum absolute atomic E-state index is 12.8. The molecule has 1 saturated heterocycles. The molecule has 0 radical (unpaired) electrons. The Bertz CT molecular complexity index is 1280. The van der Waals surface area contributed by atoms with E-state index in [1.165, 1.54) is 77.0 Å². The zero-order valence-electron chi connectivity index (χ0n) is 36.3. The first-order chi connectivity index (χ1) is 28.5. The number of hydrogen-bond acceptors (Lipinski definition) is 11. The average Bonchev–Trinajstić information content (AvgIpc) is 3.20. The monoisotopic (exact) mass is 857 g/mol. The van der Waals surface area contributed by atoms with Gasteiger partial charge in [-0.25, -0.2) is 0 Å². The van der Waals surface area contributed by atoms with E-state index in [0.29, 0.717) is 12.8 Å². The molecule has 0 aliphatic carbocycles. The van der Waals surface area contributed by atoms with Gasteiger partial charge in [-0.05, 0) is 57.8 Å². The smallest absolute Gasteiger partial charge is 0.306 e. The van der Waals surface area contributed by atoms with Crippen LogP contribution in [0.15, 0.2) is 48.6 Å². The van der Waals surface area contributed by atoms with Crippen molar-refractivity contribution in [1.82, 2.24) is 0 Å².